The standard InChI is InChI=1S/C15H23N3O/c1-11-8-12(2)17-15(14(11)9-16)18-6-4-13(5-7-18)10-19-3/h4,8H,5-7,9-10,16H2,1-3H3. The van der Waals surface area contributed by atoms with Crippen LogP contribution in [0.3, 0.4) is 0 Å². The van der Waals surface area contributed by atoms with Crippen molar-refractivity contribution in [1.82, 2.24) is 4.98 Å². The van der Waals surface area contributed by atoms with Gasteiger partial charge in [-0.1, -0.05) is 6.08 Å². The van der Waals surface area contributed by atoms with E-state index in [4.69, 9.17) is 10.5 Å². The number of pyridine rings is 1. The van der Waals surface area contributed by atoms with Gasteiger partial charge >= 0.3 is 0 Å². The highest BCUT2D eigenvalue weighted by molar-refractivity contribution is 5.52. The van der Waals surface area contributed by atoms with E-state index in [1.54, 1.807) is 7.11 Å². The third-order valence-electron chi connectivity index (χ3n) is 3.59. The monoisotopic (exact) mass is 261 g/mol. The molecule has 0 spiro atoms. The van der Waals surface area contributed by atoms with E-state index < -0.39 is 0 Å². The fourth-order valence-electron chi connectivity index (χ4n) is 2.58. The van der Waals surface area contributed by atoms with Gasteiger partial charge in [-0.2, -0.15) is 0 Å². The van der Waals surface area contributed by atoms with E-state index in [1.807, 2.05) is 6.92 Å². The fourth-order valence-corrected chi connectivity index (χ4v) is 2.58. The van der Waals surface area contributed by atoms with Crippen LogP contribution in [0.25, 0.3) is 0 Å². The smallest absolute Gasteiger partial charge is 0.133 e. The van der Waals surface area contributed by atoms with Crippen LogP contribution in [0.1, 0.15) is 23.2 Å². The number of methoxy groups -OCH3 is 1. The summed E-state index contributed by atoms with van der Waals surface area (Å²) in [5.41, 5.74) is 10.7. The van der Waals surface area contributed by atoms with E-state index in [-0.39, 0.29) is 0 Å². The highest BCUT2D eigenvalue weighted by Crippen LogP contribution is 2.25. The molecule has 2 heterocycles. The van der Waals surface area contributed by atoms with Crippen molar-refractivity contribution in [2.24, 2.45) is 5.73 Å². The van der Waals surface area contributed by atoms with Crippen molar-refractivity contribution < 1.29 is 4.74 Å². The summed E-state index contributed by atoms with van der Waals surface area (Å²) in [5, 5.41) is 0. The maximum atomic E-state index is 5.88. The summed E-state index contributed by atoms with van der Waals surface area (Å²) in [7, 11) is 1.74. The molecule has 0 radical (unpaired) electrons. The molecular formula is C15H23N3O. The second-order valence-corrected chi connectivity index (χ2v) is 5.08. The van der Waals surface area contributed by atoms with Crippen LogP contribution in [0.15, 0.2) is 17.7 Å². The van der Waals surface area contributed by atoms with Gasteiger partial charge in [0.2, 0.25) is 0 Å². The van der Waals surface area contributed by atoms with Crippen molar-refractivity contribution in [3.63, 3.8) is 0 Å². The number of rotatable bonds is 4. The summed E-state index contributed by atoms with van der Waals surface area (Å²) in [6.45, 7) is 7.29. The lowest BCUT2D eigenvalue weighted by atomic mass is 10.1. The Morgan fingerprint density at radius 3 is 2.79 bits per heavy atom. The average molecular weight is 261 g/mol. The van der Waals surface area contributed by atoms with Gasteiger partial charge in [0.1, 0.15) is 5.82 Å². The van der Waals surface area contributed by atoms with E-state index >= 15 is 0 Å². The maximum Gasteiger partial charge on any atom is 0.133 e. The number of aryl methyl sites for hydroxylation is 2. The minimum atomic E-state index is 0.541. The molecular weight excluding hydrogens is 238 g/mol. The van der Waals surface area contributed by atoms with Crippen LogP contribution in [0, 0.1) is 13.8 Å². The highest BCUT2D eigenvalue weighted by atomic mass is 16.5. The molecule has 0 unspecified atom stereocenters. The van der Waals surface area contributed by atoms with Crippen molar-refractivity contribution in [2.45, 2.75) is 26.8 Å². The molecule has 0 atom stereocenters. The Labute approximate surface area is 115 Å². The predicted octanol–water partition coefficient (Wildman–Crippen LogP) is 1.94. The SMILES string of the molecule is COCC1=CCN(c2nc(C)cc(C)c2CN)CC1. The number of nitrogens with two attached hydrogens (primary N) is 1. The lowest BCUT2D eigenvalue weighted by Gasteiger charge is -2.29. The summed E-state index contributed by atoms with van der Waals surface area (Å²) in [5.74, 6) is 1.05. The topological polar surface area (TPSA) is 51.4 Å². The zero-order valence-electron chi connectivity index (χ0n) is 12.1. The Morgan fingerprint density at radius 2 is 2.21 bits per heavy atom. The van der Waals surface area contributed by atoms with Crippen molar-refractivity contribution in [3.8, 4) is 0 Å². The van der Waals surface area contributed by atoms with Crippen LogP contribution in [0.5, 0.6) is 0 Å². The van der Waals surface area contributed by atoms with Crippen LogP contribution in [-0.4, -0.2) is 31.8 Å². The Hall–Kier alpha value is -1.39. The van der Waals surface area contributed by atoms with Gasteiger partial charge in [0.25, 0.3) is 0 Å². The zero-order chi connectivity index (χ0) is 13.8. The molecule has 104 valence electrons. The third kappa shape index (κ3) is 3.14. The molecule has 4 nitrogen and oxygen atoms in total. The number of anilines is 1. The van der Waals surface area contributed by atoms with Gasteiger partial charge in [-0.25, -0.2) is 4.98 Å². The average Bonchev–Trinajstić information content (AvgIpc) is 2.39. The predicted molar refractivity (Wildman–Crippen MR) is 78.4 cm³/mol. The normalized spacial score (nSPS) is 15.6. The Kier molecular flexibility index (Phi) is 4.56. The third-order valence-corrected chi connectivity index (χ3v) is 3.59. The first-order valence-electron chi connectivity index (χ1n) is 6.74. The highest BCUT2D eigenvalue weighted by Gasteiger charge is 2.17. The van der Waals surface area contributed by atoms with Gasteiger partial charge in [0, 0.05) is 38.0 Å². The molecule has 1 aliphatic heterocycles. The first-order valence-corrected chi connectivity index (χ1v) is 6.74. The molecule has 0 saturated heterocycles. The summed E-state index contributed by atoms with van der Waals surface area (Å²) in [4.78, 5) is 6.99. The Morgan fingerprint density at radius 1 is 1.42 bits per heavy atom. The molecule has 0 aliphatic carbocycles. The van der Waals surface area contributed by atoms with Gasteiger partial charge in [-0.05, 0) is 37.5 Å². The van der Waals surface area contributed by atoms with Crippen LogP contribution in [0.2, 0.25) is 0 Å². The van der Waals surface area contributed by atoms with Gasteiger partial charge in [-0.3, -0.25) is 0 Å². The number of nitrogens with zero attached hydrogens (tertiary/aromatic N) is 2. The molecule has 0 amide bonds. The van der Waals surface area contributed by atoms with Gasteiger partial charge in [0.05, 0.1) is 6.61 Å². The van der Waals surface area contributed by atoms with Crippen LogP contribution < -0.4 is 10.6 Å². The lowest BCUT2D eigenvalue weighted by Crippen LogP contribution is -2.31. The molecule has 2 N–H and O–H groups in total. The van der Waals surface area contributed by atoms with Crippen molar-refractivity contribution in [1.29, 1.82) is 0 Å². The Bertz CT molecular complexity index is 483. The fraction of sp³-hybridized carbons (Fsp3) is 0.533. The van der Waals surface area contributed by atoms with Gasteiger partial charge in [-0.15, -0.1) is 0 Å². The van der Waals surface area contributed by atoms with E-state index in [1.165, 1.54) is 11.1 Å². The molecule has 0 bridgehead atoms. The lowest BCUT2D eigenvalue weighted by molar-refractivity contribution is 0.222. The van der Waals surface area contributed by atoms with Crippen molar-refractivity contribution in [2.75, 3.05) is 31.7 Å². The van der Waals surface area contributed by atoms with Crippen LogP contribution >= 0.6 is 0 Å². The second kappa shape index (κ2) is 6.17. The second-order valence-electron chi connectivity index (χ2n) is 5.08. The first-order chi connectivity index (χ1) is 9.15. The quantitative estimate of drug-likeness (QED) is 0.842. The Balaban J connectivity index is 2.24. The van der Waals surface area contributed by atoms with E-state index in [0.717, 1.165) is 43.2 Å². The summed E-state index contributed by atoms with van der Waals surface area (Å²) in [6, 6.07) is 2.10. The molecule has 1 aromatic rings. The maximum absolute atomic E-state index is 5.88. The number of hydrogen-bond donors (Lipinski definition) is 1. The molecule has 4 heteroatoms. The zero-order valence-corrected chi connectivity index (χ0v) is 12.1. The van der Waals surface area contributed by atoms with E-state index in [9.17, 15) is 0 Å². The molecule has 2 rings (SSSR count). The summed E-state index contributed by atoms with van der Waals surface area (Å²) < 4.78 is 5.18. The molecule has 0 aromatic carbocycles. The molecule has 0 fully saturated rings. The van der Waals surface area contributed by atoms with E-state index in [0.29, 0.717) is 6.54 Å². The molecule has 0 saturated carbocycles. The molecule has 1 aromatic heterocycles. The first kappa shape index (κ1) is 14.0. The number of ether oxygens (including phenoxy) is 1. The minimum Gasteiger partial charge on any atom is -0.380 e. The van der Waals surface area contributed by atoms with E-state index in [2.05, 4.69) is 29.0 Å². The van der Waals surface area contributed by atoms with Gasteiger partial charge < -0.3 is 15.4 Å². The number of hydrogen-bond acceptors (Lipinski definition) is 4. The van der Waals surface area contributed by atoms with Gasteiger partial charge in [0.15, 0.2) is 0 Å². The van der Waals surface area contributed by atoms with Crippen LogP contribution in [0.4, 0.5) is 5.82 Å². The summed E-state index contributed by atoms with van der Waals surface area (Å²) >= 11 is 0. The number of aromatic nitrogens is 1. The summed E-state index contributed by atoms with van der Waals surface area (Å²) in [6.07, 6.45) is 3.28. The largest absolute Gasteiger partial charge is 0.380 e. The molecule has 19 heavy (non-hydrogen) atoms. The molecule has 1 aliphatic rings. The van der Waals surface area contributed by atoms with Crippen LogP contribution in [-0.2, 0) is 11.3 Å². The van der Waals surface area contributed by atoms with Crippen molar-refractivity contribution in [3.05, 3.63) is 34.5 Å². The minimum absolute atomic E-state index is 0.541. The van der Waals surface area contributed by atoms with Crippen molar-refractivity contribution >= 4 is 5.82 Å².